The predicted octanol–water partition coefficient (Wildman–Crippen LogP) is 5.15. The van der Waals surface area contributed by atoms with Crippen LogP contribution in [0, 0.1) is 7.43 Å². The van der Waals surface area contributed by atoms with E-state index in [2.05, 4.69) is 17.2 Å². The van der Waals surface area contributed by atoms with Crippen LogP contribution in [-0.2, 0) is 20.9 Å². The van der Waals surface area contributed by atoms with Gasteiger partial charge in [0.1, 0.15) is 0 Å². The molecule has 0 fully saturated rings. The maximum atomic E-state index is 11.4. The Morgan fingerprint density at radius 2 is 1.00 bits per heavy atom. The van der Waals surface area contributed by atoms with Gasteiger partial charge in [-0.1, -0.05) is 0 Å². The summed E-state index contributed by atoms with van der Waals surface area (Å²) in [4.78, 5) is 0. The van der Waals surface area contributed by atoms with Crippen molar-refractivity contribution in [2.24, 2.45) is 3.34 Å². The molecule has 0 aromatic heterocycles. The number of aliphatic hydroxyl groups is 2. The number of hydrogen-bond acceptors (Lipinski definition) is 3. The van der Waals surface area contributed by atoms with Crippen LogP contribution in [0.5, 0.6) is 0 Å². The number of hydrogen-bond donors (Lipinski definition) is 2. The molecule has 13 heteroatoms. The molecule has 3 nitrogen and oxygen atoms in total. The van der Waals surface area contributed by atoms with Gasteiger partial charge in [0.25, 0.3) is 0 Å². The molecule has 0 amide bonds. The molecular weight excluding hydrogens is 466 g/mol. The Kier molecular flexibility index (Phi) is 14.9. The van der Waals surface area contributed by atoms with E-state index in [1.54, 1.807) is 41.7 Å². The van der Waals surface area contributed by atoms with Crippen LogP contribution in [0.25, 0.3) is 0 Å². The van der Waals surface area contributed by atoms with Gasteiger partial charge in [0.15, 0.2) is 0 Å². The topological polar surface area (TPSA) is 52.8 Å². The monoisotopic (exact) mass is 489 g/mol. The first-order valence-corrected chi connectivity index (χ1v) is 7.53. The van der Waals surface area contributed by atoms with E-state index in [0.717, 1.165) is 0 Å². The minimum absolute atomic E-state index is 0. The first-order valence-electron chi connectivity index (χ1n) is 6.55. The summed E-state index contributed by atoms with van der Waals surface area (Å²) in [7, 11) is 0. The Hall–Kier alpha value is -0.170. The largest absolute Gasteiger partial charge is 0.435 e. The molecule has 2 N–H and O–H groups in total. The maximum absolute atomic E-state index is 11.4. The van der Waals surface area contributed by atoms with Crippen LogP contribution in [0.1, 0.15) is 41.0 Å². The van der Waals surface area contributed by atoms with Crippen molar-refractivity contribution in [3.05, 3.63) is 7.43 Å². The van der Waals surface area contributed by atoms with Crippen molar-refractivity contribution in [2.45, 2.75) is 76.8 Å². The van der Waals surface area contributed by atoms with E-state index >= 15 is 0 Å². The van der Waals surface area contributed by atoms with Crippen LogP contribution in [0.2, 0.25) is 0 Å². The third kappa shape index (κ3) is 13.1. The quantitative estimate of drug-likeness (QED) is 0.321. The van der Waals surface area contributed by atoms with Crippen molar-refractivity contribution in [3.63, 3.8) is 0 Å². The van der Waals surface area contributed by atoms with Gasteiger partial charge in [-0.3, -0.25) is 0 Å². The van der Waals surface area contributed by atoms with Gasteiger partial charge in [-0.2, -0.15) is 39.5 Å². The summed E-state index contributed by atoms with van der Waals surface area (Å²) in [5.74, 6) is 0. The number of halogens is 9. The minimum atomic E-state index is -6.87. The second kappa shape index (κ2) is 11.6. The van der Waals surface area contributed by atoms with Crippen molar-refractivity contribution in [1.82, 2.24) is 0 Å². The van der Waals surface area contributed by atoms with Crippen LogP contribution in [0.3, 0.4) is 0 Å². The zero-order chi connectivity index (χ0) is 21.5. The Labute approximate surface area is 158 Å². The second-order valence-electron chi connectivity index (χ2n) is 5.75. The Morgan fingerprint density at radius 1 is 0.808 bits per heavy atom. The summed E-state index contributed by atoms with van der Waals surface area (Å²) in [6.45, 7) is 9.50. The molecule has 0 bridgehead atoms. The van der Waals surface area contributed by atoms with E-state index in [-0.39, 0.29) is 7.43 Å². The molecule has 0 rings (SSSR count). The summed E-state index contributed by atoms with van der Waals surface area (Å²) < 4.78 is 107. The van der Waals surface area contributed by atoms with Crippen LogP contribution in [0.15, 0.2) is 3.34 Å². The zero-order valence-electron chi connectivity index (χ0n) is 15.0. The third-order valence-electron chi connectivity index (χ3n) is 2.02. The molecule has 0 heterocycles. The van der Waals surface area contributed by atoms with Crippen molar-refractivity contribution in [1.29, 1.82) is 0 Å². The van der Waals surface area contributed by atoms with Crippen LogP contribution >= 0.6 is 0 Å². The van der Waals surface area contributed by atoms with E-state index < -0.39 is 29.7 Å². The molecule has 0 saturated heterocycles. The molecule has 1 unspecified atom stereocenters. The van der Waals surface area contributed by atoms with Crippen LogP contribution in [0.4, 0.5) is 39.5 Å². The molecule has 1 atom stereocenters. The molecule has 0 radical (unpaired) electrons. The fourth-order valence-corrected chi connectivity index (χ4v) is 0.965. The molecule has 26 heavy (non-hydrogen) atoms. The van der Waals surface area contributed by atoms with Crippen LogP contribution < -0.4 is 0 Å². The number of alkyl halides is 9. The molecule has 0 aliphatic heterocycles. The third-order valence-corrected chi connectivity index (χ3v) is 2.99. The van der Waals surface area contributed by atoms with E-state index in [0.29, 0.717) is 6.04 Å². The predicted molar refractivity (Wildman–Crippen MR) is 73.7 cm³/mol. The van der Waals surface area contributed by atoms with Crippen LogP contribution in [-0.4, -0.2) is 46.0 Å². The van der Waals surface area contributed by atoms with Gasteiger partial charge >= 0.3 is 74.7 Å². The summed E-state index contributed by atoms with van der Waals surface area (Å²) in [5, 5.41) is 16.2. The average Bonchev–Trinajstić information content (AvgIpc) is 2.31. The summed E-state index contributed by atoms with van der Waals surface area (Å²) in [6.07, 6.45) is -19.4. The normalized spacial score (nSPS) is 14.0. The fraction of sp³-hybridized carbons (Fsp3) is 0.923. The number of nitrogens with zero attached hydrogens (tertiary/aromatic N) is 1. The summed E-state index contributed by atoms with van der Waals surface area (Å²) in [5.41, 5.74) is -7.19. The van der Waals surface area contributed by atoms with Gasteiger partial charge in [-0.05, 0) is 20.8 Å². The van der Waals surface area contributed by atoms with Crippen molar-refractivity contribution >= 4 is 0 Å². The minimum Gasteiger partial charge on any atom is -0.367 e. The first-order chi connectivity index (χ1) is 10.6. The Balaban J connectivity index is -0.000000168. The Bertz CT molecular complexity index is 345. The van der Waals surface area contributed by atoms with Gasteiger partial charge in [0.2, 0.25) is 0 Å². The Morgan fingerprint density at radius 3 is 1.00 bits per heavy atom. The van der Waals surface area contributed by atoms with Crippen molar-refractivity contribution < 1.29 is 70.6 Å². The van der Waals surface area contributed by atoms with Gasteiger partial charge in [-0.15, -0.1) is 0 Å². The van der Waals surface area contributed by atoms with E-state index in [4.69, 9.17) is 10.2 Å². The van der Waals surface area contributed by atoms with E-state index in [1.165, 1.54) is 6.42 Å². The summed E-state index contributed by atoms with van der Waals surface area (Å²) >= 11 is 1.55. The molecular formula is C13H23F9NNbO2-. The molecule has 0 saturated carbocycles. The fourth-order valence-electron chi connectivity index (χ4n) is 0.564. The first kappa shape index (κ1) is 33.4. The molecule has 0 aromatic rings. The SMILES string of the molecule is CC(C)(C)O.CCC(C)[N]=[Nb].OC(C(F)(F)F)(C(F)(F)F)C(F)(F)F.[CH3-]. The van der Waals surface area contributed by atoms with Crippen molar-refractivity contribution in [2.75, 3.05) is 0 Å². The van der Waals surface area contributed by atoms with Gasteiger partial charge in [-0.25, -0.2) is 0 Å². The standard InChI is InChI=1S/C4HF9O.C4H9N.C4H10O.CH3.Nb/c5-2(6,7)1(14,3(8,9)10)4(11,12)13;1-3-4(2)5;1-4(2,3)5;;/h14H;4H,3H2,1-2H3;5H,1-3H3;1H3;/q;;;-1;. The average molecular weight is 489 g/mol. The molecule has 0 aromatic carbocycles. The van der Waals surface area contributed by atoms with Crippen molar-refractivity contribution in [3.8, 4) is 0 Å². The maximum Gasteiger partial charge on any atom is 0.435 e. The number of rotatable bonds is 2. The zero-order valence-corrected chi connectivity index (χ0v) is 17.2. The molecule has 0 aliphatic carbocycles. The van der Waals surface area contributed by atoms with Gasteiger partial charge in [0, 0.05) is 0 Å². The smallest absolute Gasteiger partial charge is 0.367 e. The van der Waals surface area contributed by atoms with Gasteiger partial charge < -0.3 is 17.6 Å². The molecule has 161 valence electrons. The van der Waals surface area contributed by atoms with Gasteiger partial charge in [0.05, 0.1) is 5.60 Å². The van der Waals surface area contributed by atoms with E-state index in [9.17, 15) is 39.5 Å². The molecule has 0 spiro atoms. The second-order valence-corrected chi connectivity index (χ2v) is 6.31. The molecule has 0 aliphatic rings. The van der Waals surface area contributed by atoms with E-state index in [1.807, 2.05) is 0 Å². The summed E-state index contributed by atoms with van der Waals surface area (Å²) in [6, 6.07) is 0.582.